The van der Waals surface area contributed by atoms with Crippen LogP contribution in [0.15, 0.2) is 36.4 Å². The second-order valence-electron chi connectivity index (χ2n) is 3.93. The Morgan fingerprint density at radius 1 is 1.18 bits per heavy atom. The summed E-state index contributed by atoms with van der Waals surface area (Å²) in [6, 6.07) is 12.3. The summed E-state index contributed by atoms with van der Waals surface area (Å²) < 4.78 is 0.971. The highest BCUT2D eigenvalue weighted by Gasteiger charge is 2.11. The minimum Gasteiger partial charge on any atom is -0.275 e. The molecule has 17 heavy (non-hydrogen) atoms. The van der Waals surface area contributed by atoms with E-state index in [0.29, 0.717) is 0 Å². The van der Waals surface area contributed by atoms with Gasteiger partial charge in [0.2, 0.25) is 0 Å². The molecule has 0 aliphatic carbocycles. The first-order valence-electron chi connectivity index (χ1n) is 5.32. The number of H-pyrrole nitrogens is 1. The van der Waals surface area contributed by atoms with Gasteiger partial charge in [0.25, 0.3) is 0 Å². The number of rotatable bonds is 1. The van der Waals surface area contributed by atoms with Crippen molar-refractivity contribution in [2.45, 2.75) is 6.92 Å². The van der Waals surface area contributed by atoms with Crippen molar-refractivity contribution in [1.82, 2.24) is 15.2 Å². The molecule has 0 saturated carbocycles. The summed E-state index contributed by atoms with van der Waals surface area (Å²) in [4.78, 5) is 4.43. The molecule has 0 amide bonds. The predicted octanol–water partition coefficient (Wildman–Crippen LogP) is 3.54. The average molecular weight is 335 g/mol. The lowest BCUT2D eigenvalue weighted by molar-refractivity contribution is 1.10. The maximum absolute atomic E-state index is 4.43. The van der Waals surface area contributed by atoms with Crippen LogP contribution in [0.2, 0.25) is 0 Å². The number of pyridine rings is 1. The molecule has 1 aromatic carbocycles. The molecular formula is C13H10IN3. The number of aryl methyl sites for hydroxylation is 1. The van der Waals surface area contributed by atoms with Crippen LogP contribution in [-0.2, 0) is 0 Å². The minimum absolute atomic E-state index is 0.785. The van der Waals surface area contributed by atoms with Crippen molar-refractivity contribution in [1.29, 1.82) is 0 Å². The molecule has 2 heterocycles. The zero-order chi connectivity index (χ0) is 11.8. The van der Waals surface area contributed by atoms with Gasteiger partial charge in [0, 0.05) is 10.9 Å². The van der Waals surface area contributed by atoms with Crippen molar-refractivity contribution >= 4 is 33.6 Å². The zero-order valence-corrected chi connectivity index (χ0v) is 11.4. The van der Waals surface area contributed by atoms with Gasteiger partial charge >= 0.3 is 0 Å². The zero-order valence-electron chi connectivity index (χ0n) is 9.24. The summed E-state index contributed by atoms with van der Waals surface area (Å²) in [5, 5.41) is 8.47. The lowest BCUT2D eigenvalue weighted by atomic mass is 10.1. The van der Waals surface area contributed by atoms with Gasteiger partial charge in [-0.25, -0.2) is 4.98 Å². The number of nitrogens with zero attached hydrogens (tertiary/aromatic N) is 2. The van der Waals surface area contributed by atoms with Crippen LogP contribution in [-0.4, -0.2) is 15.2 Å². The van der Waals surface area contributed by atoms with Crippen LogP contribution < -0.4 is 0 Å². The summed E-state index contributed by atoms with van der Waals surface area (Å²) in [6.45, 7) is 2.09. The highest BCUT2D eigenvalue weighted by molar-refractivity contribution is 14.1. The topological polar surface area (TPSA) is 41.6 Å². The monoisotopic (exact) mass is 335 g/mol. The molecule has 84 valence electrons. The van der Waals surface area contributed by atoms with Gasteiger partial charge in [-0.3, -0.25) is 5.10 Å². The molecule has 3 nitrogen and oxygen atoms in total. The molecule has 0 aliphatic rings. The second kappa shape index (κ2) is 4.10. The van der Waals surface area contributed by atoms with Crippen LogP contribution in [0.1, 0.15) is 5.56 Å². The van der Waals surface area contributed by atoms with Crippen molar-refractivity contribution in [2.75, 3.05) is 0 Å². The van der Waals surface area contributed by atoms with Gasteiger partial charge in [-0.15, -0.1) is 0 Å². The normalized spacial score (nSPS) is 10.9. The highest BCUT2D eigenvalue weighted by atomic mass is 127. The number of hydrogen-bond acceptors (Lipinski definition) is 2. The van der Waals surface area contributed by atoms with Crippen LogP contribution in [0.5, 0.6) is 0 Å². The van der Waals surface area contributed by atoms with Gasteiger partial charge in [-0.1, -0.05) is 30.3 Å². The molecule has 0 aliphatic heterocycles. The molecule has 0 radical (unpaired) electrons. The SMILES string of the molecule is Cc1cc(I)nc2n[nH]c(-c3ccccc3)c12. The van der Waals surface area contributed by atoms with Crippen LogP contribution in [0, 0.1) is 10.6 Å². The lowest BCUT2D eigenvalue weighted by Crippen LogP contribution is -1.86. The van der Waals surface area contributed by atoms with E-state index in [1.807, 2.05) is 18.2 Å². The van der Waals surface area contributed by atoms with Crippen molar-refractivity contribution in [3.05, 3.63) is 45.7 Å². The van der Waals surface area contributed by atoms with E-state index in [-0.39, 0.29) is 0 Å². The molecule has 0 atom stereocenters. The summed E-state index contributed by atoms with van der Waals surface area (Å²) in [6.07, 6.45) is 0. The number of halogens is 1. The average Bonchev–Trinajstić information content (AvgIpc) is 2.74. The van der Waals surface area contributed by atoms with Gasteiger partial charge in [0.15, 0.2) is 5.65 Å². The molecule has 0 bridgehead atoms. The Bertz CT molecular complexity index is 674. The fourth-order valence-electron chi connectivity index (χ4n) is 1.98. The fourth-order valence-corrected chi connectivity index (χ4v) is 2.68. The summed E-state index contributed by atoms with van der Waals surface area (Å²) in [5.41, 5.74) is 4.17. The number of benzene rings is 1. The first-order valence-corrected chi connectivity index (χ1v) is 6.40. The molecule has 0 fully saturated rings. The Labute approximate surface area is 112 Å². The molecule has 3 aromatic rings. The Morgan fingerprint density at radius 3 is 2.71 bits per heavy atom. The van der Waals surface area contributed by atoms with E-state index in [2.05, 4.69) is 62.9 Å². The molecule has 1 N–H and O–H groups in total. The van der Waals surface area contributed by atoms with Gasteiger partial charge in [-0.05, 0) is 41.1 Å². The maximum Gasteiger partial charge on any atom is 0.182 e. The van der Waals surface area contributed by atoms with E-state index >= 15 is 0 Å². The first-order chi connectivity index (χ1) is 8.25. The van der Waals surface area contributed by atoms with Gasteiger partial charge < -0.3 is 0 Å². The first kappa shape index (κ1) is 10.7. The number of hydrogen-bond donors (Lipinski definition) is 1. The number of aromatic nitrogens is 3. The van der Waals surface area contributed by atoms with Crippen LogP contribution >= 0.6 is 22.6 Å². The molecule has 0 saturated heterocycles. The third-order valence-corrected chi connectivity index (χ3v) is 3.30. The van der Waals surface area contributed by atoms with Crippen molar-refractivity contribution in [3.63, 3.8) is 0 Å². The number of aromatic amines is 1. The quantitative estimate of drug-likeness (QED) is 0.546. The summed E-state index contributed by atoms with van der Waals surface area (Å²) in [5.74, 6) is 0. The van der Waals surface area contributed by atoms with E-state index in [9.17, 15) is 0 Å². The lowest BCUT2D eigenvalue weighted by Gasteiger charge is -2.01. The predicted molar refractivity (Wildman–Crippen MR) is 76.8 cm³/mol. The van der Waals surface area contributed by atoms with Crippen LogP contribution in [0.25, 0.3) is 22.3 Å². The molecule has 0 spiro atoms. The van der Waals surface area contributed by atoms with E-state index in [0.717, 1.165) is 26.0 Å². The minimum atomic E-state index is 0.785. The number of nitrogens with one attached hydrogen (secondary N) is 1. The van der Waals surface area contributed by atoms with Crippen LogP contribution in [0.4, 0.5) is 0 Å². The molecular weight excluding hydrogens is 325 g/mol. The molecule has 3 rings (SSSR count). The van der Waals surface area contributed by atoms with Crippen molar-refractivity contribution in [3.8, 4) is 11.3 Å². The Hall–Kier alpha value is -1.43. The van der Waals surface area contributed by atoms with Crippen molar-refractivity contribution in [2.24, 2.45) is 0 Å². The van der Waals surface area contributed by atoms with E-state index in [1.165, 1.54) is 5.56 Å². The molecule has 4 heteroatoms. The summed E-state index contributed by atoms with van der Waals surface area (Å²) >= 11 is 2.21. The van der Waals surface area contributed by atoms with E-state index in [1.54, 1.807) is 0 Å². The van der Waals surface area contributed by atoms with Gasteiger partial charge in [-0.2, -0.15) is 5.10 Å². The Kier molecular flexibility index (Phi) is 2.58. The highest BCUT2D eigenvalue weighted by Crippen LogP contribution is 2.28. The summed E-state index contributed by atoms with van der Waals surface area (Å²) in [7, 11) is 0. The van der Waals surface area contributed by atoms with Gasteiger partial charge in [0.05, 0.1) is 5.69 Å². The third-order valence-electron chi connectivity index (χ3n) is 2.75. The van der Waals surface area contributed by atoms with E-state index < -0.39 is 0 Å². The third kappa shape index (κ3) is 1.82. The second-order valence-corrected chi connectivity index (χ2v) is 5.03. The Balaban J connectivity index is 2.32. The van der Waals surface area contributed by atoms with Crippen molar-refractivity contribution < 1.29 is 0 Å². The van der Waals surface area contributed by atoms with E-state index in [4.69, 9.17) is 0 Å². The standard InChI is InChI=1S/C13H10IN3/c1-8-7-10(14)15-13-11(8)12(16-17-13)9-5-3-2-4-6-9/h2-7H,1H3,(H,15,16,17). The molecule has 0 unspecified atom stereocenters. The smallest absolute Gasteiger partial charge is 0.182 e. The largest absolute Gasteiger partial charge is 0.275 e. The Morgan fingerprint density at radius 2 is 1.94 bits per heavy atom. The maximum atomic E-state index is 4.43. The van der Waals surface area contributed by atoms with Gasteiger partial charge in [0.1, 0.15) is 3.70 Å². The van der Waals surface area contributed by atoms with Crippen LogP contribution in [0.3, 0.4) is 0 Å². The number of fused-ring (bicyclic) bond motifs is 1. The molecule has 2 aromatic heterocycles. The fraction of sp³-hybridized carbons (Fsp3) is 0.0769.